The Hall–Kier alpha value is -2.21. The second-order valence-electron chi connectivity index (χ2n) is 4.38. The molecule has 0 saturated heterocycles. The van der Waals surface area contributed by atoms with Gasteiger partial charge in [0.1, 0.15) is 11.5 Å². The van der Waals surface area contributed by atoms with Crippen LogP contribution < -0.4 is 15.8 Å². The lowest BCUT2D eigenvalue weighted by atomic mass is 10.2. The highest BCUT2D eigenvalue weighted by Crippen LogP contribution is 2.28. The van der Waals surface area contributed by atoms with Crippen LogP contribution in [0.2, 0.25) is 0 Å². The molecule has 0 spiro atoms. The molecule has 1 amide bonds. The number of benzene rings is 2. The monoisotopic (exact) mass is 350 g/mol. The van der Waals surface area contributed by atoms with Gasteiger partial charge in [0, 0.05) is 23.9 Å². The van der Waals surface area contributed by atoms with Crippen molar-refractivity contribution in [3.8, 4) is 11.5 Å². The highest BCUT2D eigenvalue weighted by Gasteiger charge is 2.05. The van der Waals surface area contributed by atoms with Gasteiger partial charge in [-0.2, -0.15) is 0 Å². The highest BCUT2D eigenvalue weighted by atomic mass is 79.9. The summed E-state index contributed by atoms with van der Waals surface area (Å²) in [4.78, 5) is 10.7. The number of aromatic hydroxyl groups is 1. The Balaban J connectivity index is 2.01. The van der Waals surface area contributed by atoms with Gasteiger partial charge in [0.15, 0.2) is 6.61 Å². The first-order valence-corrected chi connectivity index (χ1v) is 7.07. The molecule has 6 heteroatoms. The Bertz CT molecular complexity index is 647. The number of halogens is 1. The molecule has 21 heavy (non-hydrogen) atoms. The first kappa shape index (κ1) is 15.2. The van der Waals surface area contributed by atoms with Crippen molar-refractivity contribution < 1.29 is 14.6 Å². The van der Waals surface area contributed by atoms with E-state index in [1.807, 2.05) is 18.2 Å². The number of nitrogens with two attached hydrogens (primary N) is 1. The summed E-state index contributed by atoms with van der Waals surface area (Å²) in [6.45, 7) is 0.306. The van der Waals surface area contributed by atoms with Crippen LogP contribution in [0.3, 0.4) is 0 Å². The average Bonchev–Trinajstić information content (AvgIpc) is 2.47. The van der Waals surface area contributed by atoms with E-state index in [1.165, 1.54) is 0 Å². The van der Waals surface area contributed by atoms with Crippen molar-refractivity contribution in [3.63, 3.8) is 0 Å². The van der Waals surface area contributed by atoms with Gasteiger partial charge < -0.3 is 20.9 Å². The number of nitrogens with one attached hydrogen (secondary N) is 1. The third kappa shape index (κ3) is 4.39. The number of ether oxygens (including phenoxy) is 1. The number of hydrogen-bond acceptors (Lipinski definition) is 4. The van der Waals surface area contributed by atoms with Crippen molar-refractivity contribution in [2.45, 2.75) is 6.54 Å². The Morgan fingerprint density at radius 3 is 2.81 bits per heavy atom. The number of primary amides is 1. The van der Waals surface area contributed by atoms with Crippen LogP contribution in [0.4, 0.5) is 5.69 Å². The average molecular weight is 351 g/mol. The third-order valence-electron chi connectivity index (χ3n) is 2.77. The molecule has 2 rings (SSSR count). The zero-order chi connectivity index (χ0) is 15.2. The lowest BCUT2D eigenvalue weighted by Crippen LogP contribution is -2.20. The summed E-state index contributed by atoms with van der Waals surface area (Å²) < 4.78 is 5.88. The number of carbonyl (C=O) groups is 1. The fourth-order valence-electron chi connectivity index (χ4n) is 1.75. The van der Waals surface area contributed by atoms with E-state index < -0.39 is 5.91 Å². The largest absolute Gasteiger partial charge is 0.506 e. The Labute approximate surface area is 130 Å². The minimum Gasteiger partial charge on any atom is -0.506 e. The summed E-state index contributed by atoms with van der Waals surface area (Å²) in [5, 5.41) is 13.1. The van der Waals surface area contributed by atoms with Gasteiger partial charge in [0.05, 0.1) is 4.47 Å². The van der Waals surface area contributed by atoms with Gasteiger partial charge in [0.25, 0.3) is 5.91 Å². The summed E-state index contributed by atoms with van der Waals surface area (Å²) in [5.41, 5.74) is 6.62. The molecule has 0 radical (unpaired) electrons. The van der Waals surface area contributed by atoms with E-state index in [2.05, 4.69) is 21.2 Å². The van der Waals surface area contributed by atoms with Crippen LogP contribution in [0.1, 0.15) is 5.56 Å². The normalized spacial score (nSPS) is 10.1. The van der Waals surface area contributed by atoms with E-state index in [1.54, 1.807) is 24.3 Å². The van der Waals surface area contributed by atoms with Crippen LogP contribution in [-0.4, -0.2) is 17.6 Å². The smallest absolute Gasteiger partial charge is 0.255 e. The summed E-state index contributed by atoms with van der Waals surface area (Å²) in [6, 6.07) is 12.6. The number of rotatable bonds is 6. The number of hydrogen-bond donors (Lipinski definition) is 3. The van der Waals surface area contributed by atoms with E-state index in [0.29, 0.717) is 16.8 Å². The number of anilines is 1. The number of para-hydroxylation sites is 1. The Morgan fingerprint density at radius 2 is 2.05 bits per heavy atom. The van der Waals surface area contributed by atoms with Crippen LogP contribution in [0.15, 0.2) is 46.9 Å². The fraction of sp³-hybridized carbons (Fsp3) is 0.133. The molecule has 0 aliphatic rings. The molecular formula is C15H15BrN2O3. The van der Waals surface area contributed by atoms with Crippen LogP contribution in [-0.2, 0) is 11.3 Å². The fourth-order valence-corrected chi connectivity index (χ4v) is 2.16. The quantitative estimate of drug-likeness (QED) is 0.747. The molecule has 110 valence electrons. The van der Waals surface area contributed by atoms with Gasteiger partial charge in [0.2, 0.25) is 0 Å². The Kier molecular flexibility index (Phi) is 5.05. The summed E-state index contributed by atoms with van der Waals surface area (Å²) in [7, 11) is 0. The first-order chi connectivity index (χ1) is 10.1. The minimum absolute atomic E-state index is 0.157. The standard InChI is InChI=1S/C15H15BrN2O3/c16-13-6-1-3-10(15(13)20)8-18-11-4-2-5-12(7-11)21-9-14(17)19/h1-7,18,20H,8-9H2,(H2,17,19). The van der Waals surface area contributed by atoms with Crippen LogP contribution in [0, 0.1) is 0 Å². The van der Waals surface area contributed by atoms with Gasteiger partial charge in [-0.3, -0.25) is 4.79 Å². The second kappa shape index (κ2) is 6.99. The molecule has 4 N–H and O–H groups in total. The predicted molar refractivity (Wildman–Crippen MR) is 84.3 cm³/mol. The maximum atomic E-state index is 10.7. The predicted octanol–water partition coefficient (Wildman–Crippen LogP) is 2.63. The molecule has 2 aromatic rings. The molecule has 0 atom stereocenters. The molecule has 0 fully saturated rings. The van der Waals surface area contributed by atoms with Crippen LogP contribution >= 0.6 is 15.9 Å². The van der Waals surface area contributed by atoms with Crippen molar-refractivity contribution in [3.05, 3.63) is 52.5 Å². The third-order valence-corrected chi connectivity index (χ3v) is 3.41. The zero-order valence-corrected chi connectivity index (χ0v) is 12.8. The lowest BCUT2D eigenvalue weighted by Gasteiger charge is -2.10. The summed E-state index contributed by atoms with van der Waals surface area (Å²) in [5.74, 6) is 0.246. The molecule has 0 aromatic heterocycles. The maximum Gasteiger partial charge on any atom is 0.255 e. The molecule has 0 unspecified atom stereocenters. The van der Waals surface area contributed by atoms with Gasteiger partial charge in [-0.05, 0) is 34.1 Å². The van der Waals surface area contributed by atoms with E-state index in [9.17, 15) is 9.90 Å². The molecule has 5 nitrogen and oxygen atoms in total. The summed E-state index contributed by atoms with van der Waals surface area (Å²) in [6.07, 6.45) is 0. The number of amides is 1. The van der Waals surface area contributed by atoms with Crippen molar-refractivity contribution >= 4 is 27.5 Å². The topological polar surface area (TPSA) is 84.6 Å². The van der Waals surface area contributed by atoms with E-state index in [0.717, 1.165) is 11.3 Å². The molecule has 0 heterocycles. The highest BCUT2D eigenvalue weighted by molar-refractivity contribution is 9.10. The minimum atomic E-state index is -0.521. The number of carbonyl (C=O) groups excluding carboxylic acids is 1. The number of phenols is 1. The van der Waals surface area contributed by atoms with Crippen molar-refractivity contribution in [1.29, 1.82) is 0 Å². The maximum absolute atomic E-state index is 10.7. The molecule has 0 bridgehead atoms. The van der Waals surface area contributed by atoms with Gasteiger partial charge in [-0.1, -0.05) is 18.2 Å². The molecule has 0 aliphatic heterocycles. The molecule has 0 saturated carbocycles. The summed E-state index contributed by atoms with van der Waals surface area (Å²) >= 11 is 3.28. The van der Waals surface area contributed by atoms with E-state index in [4.69, 9.17) is 10.5 Å². The molecule has 0 aliphatic carbocycles. The van der Waals surface area contributed by atoms with Gasteiger partial charge in [-0.25, -0.2) is 0 Å². The number of phenolic OH excluding ortho intramolecular Hbond substituents is 1. The van der Waals surface area contributed by atoms with Crippen LogP contribution in [0.5, 0.6) is 11.5 Å². The second-order valence-corrected chi connectivity index (χ2v) is 5.24. The Morgan fingerprint density at radius 1 is 1.29 bits per heavy atom. The van der Waals surface area contributed by atoms with Crippen molar-refractivity contribution in [2.75, 3.05) is 11.9 Å². The van der Waals surface area contributed by atoms with Crippen LogP contribution in [0.25, 0.3) is 0 Å². The lowest BCUT2D eigenvalue weighted by molar-refractivity contribution is -0.119. The first-order valence-electron chi connectivity index (χ1n) is 6.27. The SMILES string of the molecule is NC(=O)COc1cccc(NCc2cccc(Br)c2O)c1. The van der Waals surface area contributed by atoms with Crippen molar-refractivity contribution in [1.82, 2.24) is 0 Å². The molecular weight excluding hydrogens is 336 g/mol. The van der Waals surface area contributed by atoms with E-state index >= 15 is 0 Å². The molecule has 2 aromatic carbocycles. The van der Waals surface area contributed by atoms with E-state index in [-0.39, 0.29) is 12.4 Å². The zero-order valence-electron chi connectivity index (χ0n) is 11.2. The van der Waals surface area contributed by atoms with Crippen molar-refractivity contribution in [2.24, 2.45) is 5.73 Å². The van der Waals surface area contributed by atoms with Gasteiger partial charge in [-0.15, -0.1) is 0 Å². The van der Waals surface area contributed by atoms with Gasteiger partial charge >= 0.3 is 0 Å².